The maximum Gasteiger partial charge on any atom is 0.242 e. The van der Waals surface area contributed by atoms with Gasteiger partial charge in [0.25, 0.3) is 0 Å². The number of carbonyl (C=O) groups is 1. The Morgan fingerprint density at radius 2 is 1.88 bits per heavy atom. The van der Waals surface area contributed by atoms with Gasteiger partial charge in [0.1, 0.15) is 6.04 Å². The molecule has 26 heavy (non-hydrogen) atoms. The zero-order valence-electron chi connectivity index (χ0n) is 16.1. The molecule has 136 valence electrons. The molecule has 0 aliphatic heterocycles. The van der Waals surface area contributed by atoms with Gasteiger partial charge in [-0.3, -0.25) is 14.4 Å². The summed E-state index contributed by atoms with van der Waals surface area (Å²) >= 11 is 0. The van der Waals surface area contributed by atoms with Crippen molar-refractivity contribution in [2.45, 2.75) is 26.4 Å². The highest BCUT2D eigenvalue weighted by molar-refractivity contribution is 5.85. The van der Waals surface area contributed by atoms with Gasteiger partial charge in [-0.15, -0.1) is 0 Å². The van der Waals surface area contributed by atoms with E-state index in [0.29, 0.717) is 6.54 Å². The van der Waals surface area contributed by atoms with E-state index in [4.69, 9.17) is 0 Å². The van der Waals surface area contributed by atoms with Gasteiger partial charge >= 0.3 is 0 Å². The predicted octanol–water partition coefficient (Wildman–Crippen LogP) is 3.11. The minimum absolute atomic E-state index is 0.0212. The first kappa shape index (κ1) is 18.1. The van der Waals surface area contributed by atoms with Crippen molar-refractivity contribution < 1.29 is 4.79 Å². The fourth-order valence-corrected chi connectivity index (χ4v) is 3.37. The molecule has 1 amide bonds. The van der Waals surface area contributed by atoms with Gasteiger partial charge < -0.3 is 5.32 Å². The maximum atomic E-state index is 12.9. The number of carbonyl (C=O) groups excluding carboxylic acids is 1. The summed E-state index contributed by atoms with van der Waals surface area (Å²) in [7, 11) is 5.77. The minimum Gasteiger partial charge on any atom is -0.349 e. The average Bonchev–Trinajstić information content (AvgIpc) is 2.88. The van der Waals surface area contributed by atoms with Crippen LogP contribution < -0.4 is 5.32 Å². The van der Waals surface area contributed by atoms with E-state index in [1.807, 2.05) is 55.8 Å². The lowest BCUT2D eigenvalue weighted by Crippen LogP contribution is -2.36. The second-order valence-corrected chi connectivity index (χ2v) is 7.09. The molecule has 0 spiro atoms. The number of nitrogens with one attached hydrogen (secondary N) is 1. The van der Waals surface area contributed by atoms with Gasteiger partial charge in [0.2, 0.25) is 5.91 Å². The van der Waals surface area contributed by atoms with E-state index in [1.54, 1.807) is 0 Å². The molecule has 0 aliphatic rings. The molecule has 0 unspecified atom stereocenters. The van der Waals surface area contributed by atoms with E-state index in [9.17, 15) is 4.79 Å². The normalized spacial score (nSPS) is 12.5. The van der Waals surface area contributed by atoms with Gasteiger partial charge in [-0.2, -0.15) is 5.10 Å². The van der Waals surface area contributed by atoms with Crippen molar-refractivity contribution in [1.82, 2.24) is 20.0 Å². The molecule has 3 aromatic rings. The van der Waals surface area contributed by atoms with Crippen molar-refractivity contribution in [3.8, 4) is 0 Å². The summed E-state index contributed by atoms with van der Waals surface area (Å²) in [6, 6.07) is 14.0. The number of benzene rings is 2. The topological polar surface area (TPSA) is 50.2 Å². The Hall–Kier alpha value is -2.66. The molecule has 5 nitrogen and oxygen atoms in total. The minimum atomic E-state index is -0.327. The van der Waals surface area contributed by atoms with Crippen molar-refractivity contribution in [2.75, 3.05) is 14.1 Å². The van der Waals surface area contributed by atoms with E-state index in [-0.39, 0.29) is 11.9 Å². The fraction of sp³-hybridized carbons (Fsp3) is 0.333. The Kier molecular flexibility index (Phi) is 5.09. The number of rotatable bonds is 5. The molecule has 1 heterocycles. The first-order valence-corrected chi connectivity index (χ1v) is 8.80. The first-order chi connectivity index (χ1) is 12.4. The van der Waals surface area contributed by atoms with Gasteiger partial charge in [-0.1, -0.05) is 41.5 Å². The summed E-state index contributed by atoms with van der Waals surface area (Å²) in [5.41, 5.74) is 5.29. The molecule has 0 saturated carbocycles. The monoisotopic (exact) mass is 350 g/mol. The summed E-state index contributed by atoms with van der Waals surface area (Å²) in [6.45, 7) is 4.51. The lowest BCUT2D eigenvalue weighted by atomic mass is 10.0. The number of fused-ring (bicyclic) bond motifs is 1. The second kappa shape index (κ2) is 7.30. The molecule has 0 bridgehead atoms. The van der Waals surface area contributed by atoms with Crippen molar-refractivity contribution >= 4 is 16.8 Å². The molecule has 1 aromatic heterocycles. The van der Waals surface area contributed by atoms with Crippen LogP contribution in [0.15, 0.2) is 42.5 Å². The highest BCUT2D eigenvalue weighted by atomic mass is 16.2. The van der Waals surface area contributed by atoms with E-state index in [1.165, 1.54) is 5.56 Å². The summed E-state index contributed by atoms with van der Waals surface area (Å²) in [5, 5.41) is 8.74. The molecule has 0 saturated heterocycles. The number of hydrogen-bond acceptors (Lipinski definition) is 3. The van der Waals surface area contributed by atoms with Crippen LogP contribution >= 0.6 is 0 Å². The van der Waals surface area contributed by atoms with Crippen LogP contribution in [0.1, 0.15) is 28.4 Å². The number of likely N-dealkylation sites (N-methyl/N-ethyl adjacent to an activating group) is 1. The van der Waals surface area contributed by atoms with E-state index < -0.39 is 0 Å². The third-order valence-electron chi connectivity index (χ3n) is 4.63. The Bertz CT molecular complexity index is 942. The fourth-order valence-electron chi connectivity index (χ4n) is 3.37. The van der Waals surface area contributed by atoms with Crippen molar-refractivity contribution in [3.05, 3.63) is 64.8 Å². The molecular formula is C21H26N4O. The highest BCUT2D eigenvalue weighted by Gasteiger charge is 2.23. The van der Waals surface area contributed by atoms with E-state index in [2.05, 4.69) is 41.6 Å². The van der Waals surface area contributed by atoms with Crippen LogP contribution in [-0.2, 0) is 18.4 Å². The third kappa shape index (κ3) is 3.63. The molecule has 1 N–H and O–H groups in total. The summed E-state index contributed by atoms with van der Waals surface area (Å²) < 4.78 is 1.86. The van der Waals surface area contributed by atoms with Crippen LogP contribution in [0.5, 0.6) is 0 Å². The van der Waals surface area contributed by atoms with Gasteiger partial charge in [-0.05, 0) is 45.6 Å². The molecule has 0 fully saturated rings. The molecular weight excluding hydrogens is 324 g/mol. The lowest BCUT2D eigenvalue weighted by Gasteiger charge is -2.24. The zero-order chi connectivity index (χ0) is 18.8. The van der Waals surface area contributed by atoms with Crippen molar-refractivity contribution in [3.63, 3.8) is 0 Å². The smallest absolute Gasteiger partial charge is 0.242 e. The maximum absolute atomic E-state index is 12.9. The SMILES string of the molecule is Cc1cccc([C@H](C(=O)NCc2nn(C)c3ccc(C)cc23)N(C)C)c1. The summed E-state index contributed by atoms with van der Waals surface area (Å²) in [6.07, 6.45) is 0. The van der Waals surface area contributed by atoms with Crippen LogP contribution in [0.3, 0.4) is 0 Å². The standard InChI is InChI=1S/C21H26N4O/c1-14-7-6-8-16(11-14)20(24(3)4)21(26)22-13-18-17-12-15(2)9-10-19(17)25(5)23-18/h6-12,20H,13H2,1-5H3,(H,22,26)/t20-/m1/s1. The predicted molar refractivity (Wildman–Crippen MR) is 105 cm³/mol. The summed E-state index contributed by atoms with van der Waals surface area (Å²) in [4.78, 5) is 14.8. The number of amides is 1. The summed E-state index contributed by atoms with van der Waals surface area (Å²) in [5.74, 6) is -0.0212. The molecule has 1 atom stereocenters. The van der Waals surface area contributed by atoms with Gasteiger partial charge in [0, 0.05) is 12.4 Å². The third-order valence-corrected chi connectivity index (χ3v) is 4.63. The largest absolute Gasteiger partial charge is 0.349 e. The van der Waals surface area contributed by atoms with Crippen molar-refractivity contribution in [2.24, 2.45) is 7.05 Å². The molecule has 5 heteroatoms. The average molecular weight is 350 g/mol. The Morgan fingerprint density at radius 3 is 2.58 bits per heavy atom. The second-order valence-electron chi connectivity index (χ2n) is 7.09. The van der Waals surface area contributed by atoms with Gasteiger partial charge in [-0.25, -0.2) is 0 Å². The quantitative estimate of drug-likeness (QED) is 0.769. The number of aryl methyl sites for hydroxylation is 3. The van der Waals surface area contributed by atoms with Gasteiger partial charge in [0.05, 0.1) is 17.8 Å². The first-order valence-electron chi connectivity index (χ1n) is 8.80. The van der Waals surface area contributed by atoms with Crippen LogP contribution in [0.4, 0.5) is 0 Å². The number of nitrogens with zero attached hydrogens (tertiary/aromatic N) is 3. The van der Waals surface area contributed by atoms with Crippen LogP contribution in [0, 0.1) is 13.8 Å². The number of hydrogen-bond donors (Lipinski definition) is 1. The molecule has 0 radical (unpaired) electrons. The van der Waals surface area contributed by atoms with Crippen LogP contribution in [-0.4, -0.2) is 34.7 Å². The van der Waals surface area contributed by atoms with Crippen LogP contribution in [0.2, 0.25) is 0 Å². The zero-order valence-corrected chi connectivity index (χ0v) is 16.1. The lowest BCUT2D eigenvalue weighted by molar-refractivity contribution is -0.125. The molecule has 0 aliphatic carbocycles. The Labute approximate surface area is 154 Å². The Morgan fingerprint density at radius 1 is 1.15 bits per heavy atom. The van der Waals surface area contributed by atoms with Crippen LogP contribution in [0.25, 0.3) is 10.9 Å². The van der Waals surface area contributed by atoms with Crippen molar-refractivity contribution in [1.29, 1.82) is 0 Å². The van der Waals surface area contributed by atoms with E-state index >= 15 is 0 Å². The van der Waals surface area contributed by atoms with Gasteiger partial charge in [0.15, 0.2) is 0 Å². The molecule has 3 rings (SSSR count). The Balaban J connectivity index is 1.82. The highest BCUT2D eigenvalue weighted by Crippen LogP contribution is 2.22. The van der Waals surface area contributed by atoms with E-state index in [0.717, 1.165) is 27.7 Å². The number of aromatic nitrogens is 2. The molecule has 2 aromatic carbocycles.